The van der Waals surface area contributed by atoms with Crippen LogP contribution < -0.4 is 4.90 Å². The van der Waals surface area contributed by atoms with Gasteiger partial charge in [-0.25, -0.2) is 4.79 Å². The van der Waals surface area contributed by atoms with Gasteiger partial charge in [0.2, 0.25) is 0 Å². The number of amides is 2. The summed E-state index contributed by atoms with van der Waals surface area (Å²) in [6.07, 6.45) is 0.835. The lowest BCUT2D eigenvalue weighted by molar-refractivity contribution is -0.155. The molecule has 5 heteroatoms. The number of anilines is 1. The normalized spacial score (nSPS) is 15.8. The molecule has 126 valence electrons. The SMILES string of the molecule is Cc1ccc(N2CCCN(CC(=O)OC(C)(C)C)C2=O)cc1C. The average molecular weight is 318 g/mol. The van der Waals surface area contributed by atoms with Crippen molar-refractivity contribution in [1.29, 1.82) is 0 Å². The van der Waals surface area contributed by atoms with Crippen LogP contribution >= 0.6 is 0 Å². The molecule has 0 saturated carbocycles. The van der Waals surface area contributed by atoms with Gasteiger partial charge in [-0.05, 0) is 64.3 Å². The van der Waals surface area contributed by atoms with E-state index in [4.69, 9.17) is 4.74 Å². The average Bonchev–Trinajstić information content (AvgIpc) is 2.42. The third-order valence-electron chi connectivity index (χ3n) is 3.85. The molecule has 2 rings (SSSR count). The summed E-state index contributed by atoms with van der Waals surface area (Å²) in [5.74, 6) is -0.368. The van der Waals surface area contributed by atoms with E-state index in [0.29, 0.717) is 13.1 Å². The summed E-state index contributed by atoms with van der Waals surface area (Å²) < 4.78 is 5.31. The van der Waals surface area contributed by atoms with Crippen molar-refractivity contribution in [2.45, 2.75) is 46.6 Å². The monoisotopic (exact) mass is 318 g/mol. The number of ether oxygens (including phenoxy) is 1. The quantitative estimate of drug-likeness (QED) is 0.804. The second-order valence-corrected chi connectivity index (χ2v) is 7.06. The Bertz CT molecular complexity index is 605. The first-order chi connectivity index (χ1) is 10.7. The zero-order valence-electron chi connectivity index (χ0n) is 14.7. The summed E-state index contributed by atoms with van der Waals surface area (Å²) in [5.41, 5.74) is 2.69. The fraction of sp³-hybridized carbons (Fsp3) is 0.556. The molecule has 0 atom stereocenters. The van der Waals surface area contributed by atoms with Gasteiger partial charge in [0, 0.05) is 18.8 Å². The van der Waals surface area contributed by atoms with Gasteiger partial charge in [-0.1, -0.05) is 6.07 Å². The maximum absolute atomic E-state index is 12.7. The van der Waals surface area contributed by atoms with E-state index in [1.165, 1.54) is 5.56 Å². The van der Waals surface area contributed by atoms with Gasteiger partial charge in [-0.15, -0.1) is 0 Å². The van der Waals surface area contributed by atoms with Gasteiger partial charge in [0.15, 0.2) is 0 Å². The van der Waals surface area contributed by atoms with Crippen LogP contribution in [0.5, 0.6) is 0 Å². The van der Waals surface area contributed by atoms with Crippen molar-refractivity contribution in [3.63, 3.8) is 0 Å². The van der Waals surface area contributed by atoms with E-state index in [1.54, 1.807) is 9.80 Å². The number of urea groups is 1. The molecule has 0 aromatic heterocycles. The molecule has 0 spiro atoms. The standard InChI is InChI=1S/C18H26N2O3/c1-13-7-8-15(11-14(13)2)20-10-6-9-19(17(20)22)12-16(21)23-18(3,4)5/h7-8,11H,6,9-10,12H2,1-5H3. The molecule has 2 amide bonds. The number of carbonyl (C=O) groups is 2. The minimum absolute atomic E-state index is 0.00253. The van der Waals surface area contributed by atoms with Crippen LogP contribution in [0.25, 0.3) is 0 Å². The van der Waals surface area contributed by atoms with Gasteiger partial charge in [-0.2, -0.15) is 0 Å². The van der Waals surface area contributed by atoms with Crippen molar-refractivity contribution < 1.29 is 14.3 Å². The van der Waals surface area contributed by atoms with Gasteiger partial charge >= 0.3 is 12.0 Å². The first-order valence-electron chi connectivity index (χ1n) is 8.03. The topological polar surface area (TPSA) is 49.9 Å². The molecule has 1 saturated heterocycles. The molecule has 0 radical (unpaired) electrons. The van der Waals surface area contributed by atoms with E-state index >= 15 is 0 Å². The maximum atomic E-state index is 12.7. The number of hydrogen-bond donors (Lipinski definition) is 0. The summed E-state index contributed by atoms with van der Waals surface area (Å²) in [7, 11) is 0. The highest BCUT2D eigenvalue weighted by atomic mass is 16.6. The highest BCUT2D eigenvalue weighted by Gasteiger charge is 2.29. The first kappa shape index (κ1) is 17.3. The molecule has 1 aromatic rings. The Hall–Kier alpha value is -2.04. The number of carbonyl (C=O) groups excluding carboxylic acids is 2. The highest BCUT2D eigenvalue weighted by molar-refractivity contribution is 5.94. The molecule has 1 aliphatic rings. The summed E-state index contributed by atoms with van der Waals surface area (Å²) in [5, 5.41) is 0. The van der Waals surface area contributed by atoms with Crippen LogP contribution in [0.1, 0.15) is 38.3 Å². The maximum Gasteiger partial charge on any atom is 0.326 e. The van der Waals surface area contributed by atoms with Crippen molar-refractivity contribution in [3.8, 4) is 0 Å². The predicted molar refractivity (Wildman–Crippen MR) is 90.7 cm³/mol. The van der Waals surface area contributed by atoms with Gasteiger partial charge in [0.1, 0.15) is 12.1 Å². The van der Waals surface area contributed by atoms with Crippen LogP contribution in [-0.4, -0.2) is 42.1 Å². The van der Waals surface area contributed by atoms with E-state index in [1.807, 2.05) is 52.8 Å². The van der Waals surface area contributed by atoms with Crippen LogP contribution in [-0.2, 0) is 9.53 Å². The smallest absolute Gasteiger partial charge is 0.326 e. The Morgan fingerprint density at radius 2 is 1.87 bits per heavy atom. The lowest BCUT2D eigenvalue weighted by Crippen LogP contribution is -2.51. The molecule has 0 bridgehead atoms. The number of nitrogens with zero attached hydrogens (tertiary/aromatic N) is 2. The summed E-state index contributed by atoms with van der Waals surface area (Å²) in [6, 6.07) is 5.86. The molecule has 5 nitrogen and oxygen atoms in total. The molecule has 0 aliphatic carbocycles. The number of rotatable bonds is 3. The number of benzene rings is 1. The van der Waals surface area contributed by atoms with Gasteiger partial charge in [0.25, 0.3) is 0 Å². The minimum atomic E-state index is -0.538. The Morgan fingerprint density at radius 3 is 2.48 bits per heavy atom. The third-order valence-corrected chi connectivity index (χ3v) is 3.85. The van der Waals surface area contributed by atoms with Gasteiger partial charge in [-0.3, -0.25) is 9.69 Å². The third kappa shape index (κ3) is 4.47. The largest absolute Gasteiger partial charge is 0.459 e. The Balaban J connectivity index is 2.09. The second kappa shape index (κ2) is 6.60. The summed E-state index contributed by atoms with van der Waals surface area (Å²) >= 11 is 0. The van der Waals surface area contributed by atoms with Crippen LogP contribution in [0, 0.1) is 13.8 Å². The fourth-order valence-corrected chi connectivity index (χ4v) is 2.59. The minimum Gasteiger partial charge on any atom is -0.459 e. The molecular weight excluding hydrogens is 292 g/mol. The van der Waals surface area contributed by atoms with Crippen LogP contribution in [0.15, 0.2) is 18.2 Å². The van der Waals surface area contributed by atoms with Crippen molar-refractivity contribution >= 4 is 17.7 Å². The van der Waals surface area contributed by atoms with Crippen molar-refractivity contribution in [2.75, 3.05) is 24.5 Å². The number of aryl methyl sites for hydroxylation is 2. The van der Waals surface area contributed by atoms with Gasteiger partial charge in [0.05, 0.1) is 0 Å². The van der Waals surface area contributed by atoms with E-state index in [-0.39, 0.29) is 18.5 Å². The zero-order chi connectivity index (χ0) is 17.2. The lowest BCUT2D eigenvalue weighted by atomic mass is 10.1. The molecule has 1 fully saturated rings. The second-order valence-electron chi connectivity index (χ2n) is 7.06. The van der Waals surface area contributed by atoms with Gasteiger partial charge < -0.3 is 9.64 Å². The zero-order valence-corrected chi connectivity index (χ0v) is 14.7. The predicted octanol–water partition coefficient (Wildman–Crippen LogP) is 3.28. The number of hydrogen-bond acceptors (Lipinski definition) is 3. The summed E-state index contributed by atoms with van der Waals surface area (Å²) in [6.45, 7) is 10.8. The van der Waals surface area contributed by atoms with E-state index in [0.717, 1.165) is 17.7 Å². The van der Waals surface area contributed by atoms with Crippen molar-refractivity contribution in [1.82, 2.24) is 4.90 Å². The lowest BCUT2D eigenvalue weighted by Gasteiger charge is -2.35. The summed E-state index contributed by atoms with van der Waals surface area (Å²) in [4.78, 5) is 27.9. The molecule has 1 aliphatic heterocycles. The Labute approximate surface area is 138 Å². The fourth-order valence-electron chi connectivity index (χ4n) is 2.59. The Kier molecular flexibility index (Phi) is 4.97. The van der Waals surface area contributed by atoms with Crippen molar-refractivity contribution in [3.05, 3.63) is 29.3 Å². The van der Waals surface area contributed by atoms with Crippen LogP contribution in [0.2, 0.25) is 0 Å². The number of esters is 1. The molecule has 23 heavy (non-hydrogen) atoms. The molecule has 0 N–H and O–H groups in total. The first-order valence-corrected chi connectivity index (χ1v) is 8.03. The molecular formula is C18H26N2O3. The highest BCUT2D eigenvalue weighted by Crippen LogP contribution is 2.23. The Morgan fingerprint density at radius 1 is 1.17 bits per heavy atom. The van der Waals surface area contributed by atoms with E-state index in [2.05, 4.69) is 0 Å². The van der Waals surface area contributed by atoms with Crippen LogP contribution in [0.4, 0.5) is 10.5 Å². The molecule has 1 aromatic carbocycles. The van der Waals surface area contributed by atoms with Crippen LogP contribution in [0.3, 0.4) is 0 Å². The molecule has 1 heterocycles. The van der Waals surface area contributed by atoms with E-state index < -0.39 is 5.60 Å². The van der Waals surface area contributed by atoms with E-state index in [9.17, 15) is 9.59 Å². The molecule has 0 unspecified atom stereocenters. The van der Waals surface area contributed by atoms with Crippen molar-refractivity contribution in [2.24, 2.45) is 0 Å².